The van der Waals surface area contributed by atoms with Gasteiger partial charge < -0.3 is 0 Å². The fourth-order valence-corrected chi connectivity index (χ4v) is 1.60. The highest BCUT2D eigenvalue weighted by Gasteiger charge is 2.12. The third-order valence-corrected chi connectivity index (χ3v) is 2.78. The summed E-state index contributed by atoms with van der Waals surface area (Å²) in [6, 6.07) is 5.25. The number of hydrazine groups is 1. The van der Waals surface area contributed by atoms with Gasteiger partial charge in [0, 0.05) is 20.2 Å². The van der Waals surface area contributed by atoms with Gasteiger partial charge in [0.25, 0.3) is 0 Å². The molecule has 1 amide bonds. The van der Waals surface area contributed by atoms with E-state index in [0.29, 0.717) is 5.69 Å². The molecule has 0 fully saturated rings. The Hall–Kier alpha value is -2.28. The zero-order chi connectivity index (χ0) is 14.7. The van der Waals surface area contributed by atoms with Crippen molar-refractivity contribution in [1.82, 2.24) is 20.2 Å². The van der Waals surface area contributed by atoms with Crippen molar-refractivity contribution in [3.8, 4) is 5.69 Å². The summed E-state index contributed by atoms with van der Waals surface area (Å²) in [5, 5.41) is 5.38. The predicted octanol–water partition coefficient (Wildman–Crippen LogP) is 1.63. The lowest BCUT2D eigenvalue weighted by Crippen LogP contribution is -2.37. The van der Waals surface area contributed by atoms with Crippen LogP contribution in [-0.4, -0.2) is 27.7 Å². The molecular weight excluding hydrogens is 266 g/mol. The van der Waals surface area contributed by atoms with E-state index < -0.39 is 11.6 Å². The van der Waals surface area contributed by atoms with E-state index in [9.17, 15) is 13.6 Å². The Balaban J connectivity index is 2.15. The first-order valence-electron chi connectivity index (χ1n) is 5.96. The van der Waals surface area contributed by atoms with Gasteiger partial charge in [-0.1, -0.05) is 6.07 Å². The molecule has 7 heteroatoms. The zero-order valence-corrected chi connectivity index (χ0v) is 11.1. The minimum atomic E-state index is -0.687. The van der Waals surface area contributed by atoms with Crippen molar-refractivity contribution in [2.75, 3.05) is 7.05 Å². The SMILES string of the molecule is CC(=O)N(C)NCc1ccn(-c2c(F)cccc2F)n1. The highest BCUT2D eigenvalue weighted by atomic mass is 19.1. The second-order valence-electron chi connectivity index (χ2n) is 4.23. The molecule has 0 aliphatic heterocycles. The molecule has 2 rings (SSSR count). The Morgan fingerprint density at radius 3 is 2.60 bits per heavy atom. The monoisotopic (exact) mass is 280 g/mol. The molecule has 106 valence electrons. The second-order valence-corrected chi connectivity index (χ2v) is 4.23. The van der Waals surface area contributed by atoms with Gasteiger partial charge in [-0.25, -0.2) is 18.9 Å². The van der Waals surface area contributed by atoms with Crippen LogP contribution in [-0.2, 0) is 11.3 Å². The summed E-state index contributed by atoms with van der Waals surface area (Å²) in [6.07, 6.45) is 1.46. The molecule has 2 aromatic rings. The Bertz CT molecular complexity index is 606. The third-order valence-electron chi connectivity index (χ3n) is 2.78. The topological polar surface area (TPSA) is 50.2 Å². The molecule has 0 saturated heterocycles. The number of carbonyl (C=O) groups is 1. The van der Waals surface area contributed by atoms with Gasteiger partial charge >= 0.3 is 0 Å². The van der Waals surface area contributed by atoms with Crippen molar-refractivity contribution in [3.63, 3.8) is 0 Å². The van der Waals surface area contributed by atoms with Crippen LogP contribution in [0.3, 0.4) is 0 Å². The summed E-state index contributed by atoms with van der Waals surface area (Å²) in [5.74, 6) is -1.52. The molecular formula is C13H14F2N4O. The Morgan fingerprint density at radius 1 is 1.35 bits per heavy atom. The molecule has 0 unspecified atom stereocenters. The quantitative estimate of drug-likeness (QED) is 0.866. The Labute approximate surface area is 114 Å². The molecule has 5 nitrogen and oxygen atoms in total. The number of para-hydroxylation sites is 1. The molecule has 1 heterocycles. The maximum absolute atomic E-state index is 13.6. The second kappa shape index (κ2) is 5.79. The number of amides is 1. The van der Waals surface area contributed by atoms with Crippen LogP contribution in [0.15, 0.2) is 30.5 Å². The predicted molar refractivity (Wildman–Crippen MR) is 68.8 cm³/mol. The van der Waals surface area contributed by atoms with Crippen LogP contribution in [0.5, 0.6) is 0 Å². The number of aromatic nitrogens is 2. The van der Waals surface area contributed by atoms with E-state index in [1.807, 2.05) is 0 Å². The van der Waals surface area contributed by atoms with Crippen LogP contribution in [0.4, 0.5) is 8.78 Å². The van der Waals surface area contributed by atoms with Crippen molar-refractivity contribution < 1.29 is 13.6 Å². The Morgan fingerprint density at radius 2 is 2.00 bits per heavy atom. The number of nitrogens with one attached hydrogen (secondary N) is 1. The summed E-state index contributed by atoms with van der Waals surface area (Å²) in [6.45, 7) is 1.69. The summed E-state index contributed by atoms with van der Waals surface area (Å²) in [5.41, 5.74) is 3.15. The average molecular weight is 280 g/mol. The maximum atomic E-state index is 13.6. The lowest BCUT2D eigenvalue weighted by Gasteiger charge is -2.14. The van der Waals surface area contributed by atoms with E-state index in [1.54, 1.807) is 13.1 Å². The molecule has 0 saturated carbocycles. The van der Waals surface area contributed by atoms with Gasteiger partial charge in [0.1, 0.15) is 5.69 Å². The van der Waals surface area contributed by atoms with Gasteiger partial charge in [-0.15, -0.1) is 0 Å². The number of halogens is 2. The van der Waals surface area contributed by atoms with Gasteiger partial charge in [0.2, 0.25) is 5.91 Å². The van der Waals surface area contributed by atoms with E-state index in [4.69, 9.17) is 0 Å². The molecule has 0 aliphatic carbocycles. The third kappa shape index (κ3) is 3.00. The van der Waals surface area contributed by atoms with Crippen molar-refractivity contribution in [1.29, 1.82) is 0 Å². The van der Waals surface area contributed by atoms with Gasteiger partial charge in [0.15, 0.2) is 11.6 Å². The summed E-state index contributed by atoms with van der Waals surface area (Å²) in [4.78, 5) is 11.0. The molecule has 20 heavy (non-hydrogen) atoms. The normalized spacial score (nSPS) is 10.6. The largest absolute Gasteiger partial charge is 0.281 e. The number of rotatable bonds is 4. The average Bonchev–Trinajstić information content (AvgIpc) is 2.84. The van der Waals surface area contributed by atoms with Crippen LogP contribution >= 0.6 is 0 Å². The zero-order valence-electron chi connectivity index (χ0n) is 11.1. The van der Waals surface area contributed by atoms with Gasteiger partial charge in [-0.2, -0.15) is 5.10 Å². The summed E-state index contributed by atoms with van der Waals surface area (Å²) >= 11 is 0. The van der Waals surface area contributed by atoms with Gasteiger partial charge in [-0.3, -0.25) is 9.80 Å². The van der Waals surface area contributed by atoms with Crippen LogP contribution in [0, 0.1) is 11.6 Å². The van der Waals surface area contributed by atoms with Crippen molar-refractivity contribution in [2.24, 2.45) is 0 Å². The van der Waals surface area contributed by atoms with Crippen LogP contribution in [0.1, 0.15) is 12.6 Å². The minimum absolute atomic E-state index is 0.149. The van der Waals surface area contributed by atoms with E-state index >= 15 is 0 Å². The minimum Gasteiger partial charge on any atom is -0.281 e. The van der Waals surface area contributed by atoms with E-state index in [0.717, 1.165) is 4.68 Å². The van der Waals surface area contributed by atoms with Gasteiger partial charge in [-0.05, 0) is 18.2 Å². The molecule has 1 N–H and O–H groups in total. The molecule has 0 atom stereocenters. The van der Waals surface area contributed by atoms with Crippen LogP contribution < -0.4 is 5.43 Å². The first-order valence-corrected chi connectivity index (χ1v) is 5.96. The number of hydrogen-bond acceptors (Lipinski definition) is 3. The summed E-state index contributed by atoms with van der Waals surface area (Å²) in [7, 11) is 1.58. The number of nitrogens with zero attached hydrogens (tertiary/aromatic N) is 3. The first-order chi connectivity index (χ1) is 9.49. The van der Waals surface area contributed by atoms with Crippen LogP contribution in [0.2, 0.25) is 0 Å². The highest BCUT2D eigenvalue weighted by Crippen LogP contribution is 2.16. The van der Waals surface area contributed by atoms with Crippen LogP contribution in [0.25, 0.3) is 5.69 Å². The summed E-state index contributed by atoms with van der Waals surface area (Å²) < 4.78 is 28.3. The number of benzene rings is 1. The molecule has 0 radical (unpaired) electrons. The molecule has 0 aliphatic rings. The Kier molecular flexibility index (Phi) is 4.09. The molecule has 1 aromatic heterocycles. The van der Waals surface area contributed by atoms with Crippen molar-refractivity contribution in [2.45, 2.75) is 13.5 Å². The van der Waals surface area contributed by atoms with Crippen molar-refractivity contribution >= 4 is 5.91 Å². The fourth-order valence-electron chi connectivity index (χ4n) is 1.60. The first kappa shape index (κ1) is 14.1. The van der Waals surface area contributed by atoms with E-state index in [2.05, 4.69) is 10.5 Å². The lowest BCUT2D eigenvalue weighted by molar-refractivity contribution is -0.130. The van der Waals surface area contributed by atoms with Crippen molar-refractivity contribution in [3.05, 3.63) is 47.8 Å². The number of carbonyl (C=O) groups excluding carboxylic acids is 1. The lowest BCUT2D eigenvalue weighted by atomic mass is 10.3. The van der Waals surface area contributed by atoms with E-state index in [1.165, 1.54) is 36.3 Å². The standard InChI is InChI=1S/C13H14F2N4O/c1-9(20)18(2)16-8-10-6-7-19(17-10)13-11(14)4-3-5-12(13)15/h3-7,16H,8H2,1-2H3. The molecule has 0 bridgehead atoms. The smallest absolute Gasteiger partial charge is 0.233 e. The molecule has 1 aromatic carbocycles. The highest BCUT2D eigenvalue weighted by molar-refractivity contribution is 5.72. The molecule has 0 spiro atoms. The maximum Gasteiger partial charge on any atom is 0.233 e. The fraction of sp³-hybridized carbons (Fsp3) is 0.231. The number of hydrogen-bond donors (Lipinski definition) is 1. The van der Waals surface area contributed by atoms with E-state index in [-0.39, 0.29) is 18.1 Å². The van der Waals surface area contributed by atoms with Gasteiger partial charge in [0.05, 0.1) is 12.2 Å².